The van der Waals surface area contributed by atoms with Crippen LogP contribution in [-0.4, -0.2) is 59.8 Å². The predicted octanol–water partition coefficient (Wildman–Crippen LogP) is 2.03. The molecular formula is C28H39N9O5. The first-order valence-corrected chi connectivity index (χ1v) is 13.4. The lowest BCUT2D eigenvalue weighted by Crippen LogP contribution is -2.51. The van der Waals surface area contributed by atoms with Gasteiger partial charge in [-0.15, -0.1) is 10.2 Å². The minimum Gasteiger partial charge on any atom is -0.443 e. The molecule has 2 aromatic rings. The maximum absolute atomic E-state index is 12.6. The molecule has 0 bridgehead atoms. The van der Waals surface area contributed by atoms with Crippen LogP contribution in [0.3, 0.4) is 0 Å². The van der Waals surface area contributed by atoms with Crippen molar-refractivity contribution in [1.29, 1.82) is 0 Å². The summed E-state index contributed by atoms with van der Waals surface area (Å²) in [6, 6.07) is 15.0. The van der Waals surface area contributed by atoms with Crippen molar-refractivity contribution in [2.24, 2.45) is 27.6 Å². The van der Waals surface area contributed by atoms with E-state index in [0.717, 1.165) is 17.5 Å². The summed E-state index contributed by atoms with van der Waals surface area (Å²) < 4.78 is 5.39. The number of hydrogen-bond acceptors (Lipinski definition) is 9. The highest BCUT2D eigenvalue weighted by Crippen LogP contribution is 2.12. The first kappa shape index (κ1) is 33.2. The number of amides is 5. The number of primary amides is 1. The van der Waals surface area contributed by atoms with Crippen molar-refractivity contribution in [1.82, 2.24) is 21.1 Å². The van der Waals surface area contributed by atoms with Crippen molar-refractivity contribution in [3.8, 4) is 0 Å². The van der Waals surface area contributed by atoms with Crippen molar-refractivity contribution < 1.29 is 23.9 Å². The van der Waals surface area contributed by atoms with Crippen molar-refractivity contribution in [3.63, 3.8) is 0 Å². The standard InChI is InChI=1S/C24H29N7O4.C4H10N2O/c1-15(2)21(25)23(33)26-13-20(32)27-19-11-9-17(10-12-19)14-35-24(34)31-16(3)28-29-22(30-31)18-7-5-4-6-8-18;1-2-3-6-4(5)7/h4-12,15,21H,13-14,25H2,1-3H3,(H,26,33)(H,27,32)(H,29,30);2-3H2,1H3,(H3,5,6,7). The van der Waals surface area contributed by atoms with Gasteiger partial charge in [-0.1, -0.05) is 63.2 Å². The van der Waals surface area contributed by atoms with E-state index in [2.05, 4.69) is 31.6 Å². The van der Waals surface area contributed by atoms with Gasteiger partial charge in [0.05, 0.1) is 12.6 Å². The van der Waals surface area contributed by atoms with Gasteiger partial charge in [0.2, 0.25) is 11.8 Å². The van der Waals surface area contributed by atoms with Gasteiger partial charge < -0.3 is 32.2 Å². The molecule has 0 saturated carbocycles. The molecular weight excluding hydrogens is 542 g/mol. The molecule has 1 heterocycles. The molecule has 1 aliphatic rings. The average molecular weight is 582 g/mol. The molecule has 0 fully saturated rings. The lowest BCUT2D eigenvalue weighted by molar-refractivity contribution is -0.125. The van der Waals surface area contributed by atoms with E-state index in [9.17, 15) is 19.2 Å². The molecule has 5 amide bonds. The Morgan fingerprint density at radius 1 is 1.00 bits per heavy atom. The second kappa shape index (κ2) is 17.0. The fraction of sp³-hybridized carbons (Fsp3) is 0.357. The maximum Gasteiger partial charge on any atom is 0.435 e. The van der Waals surface area contributed by atoms with Gasteiger partial charge in [0.25, 0.3) is 0 Å². The number of urea groups is 1. The molecule has 8 N–H and O–H groups in total. The van der Waals surface area contributed by atoms with Crippen LogP contribution in [0.25, 0.3) is 0 Å². The Balaban J connectivity index is 0.000000782. The molecule has 0 radical (unpaired) electrons. The Morgan fingerprint density at radius 3 is 2.24 bits per heavy atom. The van der Waals surface area contributed by atoms with Gasteiger partial charge in [0.1, 0.15) is 6.61 Å². The quantitative estimate of drug-likeness (QED) is 0.246. The van der Waals surface area contributed by atoms with E-state index in [-0.39, 0.29) is 30.9 Å². The summed E-state index contributed by atoms with van der Waals surface area (Å²) in [6.07, 6.45) is 0.297. The van der Waals surface area contributed by atoms with E-state index in [1.54, 1.807) is 31.2 Å². The number of hydrogen-bond donors (Lipinski definition) is 6. The second-order valence-electron chi connectivity index (χ2n) is 9.49. The molecule has 42 heavy (non-hydrogen) atoms. The Labute approximate surface area is 244 Å². The Hall–Kier alpha value is -4.98. The molecule has 3 rings (SSSR count). The summed E-state index contributed by atoms with van der Waals surface area (Å²) in [5.41, 5.74) is 15.4. The van der Waals surface area contributed by atoms with Crippen LogP contribution in [-0.2, 0) is 20.9 Å². The van der Waals surface area contributed by atoms with Crippen molar-refractivity contribution in [3.05, 3.63) is 65.7 Å². The summed E-state index contributed by atoms with van der Waals surface area (Å²) in [6.45, 7) is 7.77. The molecule has 14 heteroatoms. The molecule has 226 valence electrons. The van der Waals surface area contributed by atoms with Gasteiger partial charge in [-0.05, 0) is 37.0 Å². The van der Waals surface area contributed by atoms with Crippen LogP contribution in [0.15, 0.2) is 64.8 Å². The molecule has 1 unspecified atom stereocenters. The smallest absolute Gasteiger partial charge is 0.435 e. The maximum atomic E-state index is 12.6. The highest BCUT2D eigenvalue weighted by Gasteiger charge is 2.24. The fourth-order valence-corrected chi connectivity index (χ4v) is 3.21. The number of carbonyl (C=O) groups is 4. The van der Waals surface area contributed by atoms with E-state index in [1.807, 2.05) is 51.1 Å². The average Bonchev–Trinajstić information content (AvgIpc) is 2.98. The molecule has 0 spiro atoms. The third-order valence-electron chi connectivity index (χ3n) is 5.66. The highest BCUT2D eigenvalue weighted by molar-refractivity contribution is 6.05. The topological polar surface area (TPSA) is 206 Å². The first-order valence-electron chi connectivity index (χ1n) is 13.4. The molecule has 0 saturated heterocycles. The summed E-state index contributed by atoms with van der Waals surface area (Å²) in [4.78, 5) is 46.4. The van der Waals surface area contributed by atoms with Gasteiger partial charge in [-0.25, -0.2) is 9.59 Å². The van der Waals surface area contributed by atoms with Gasteiger partial charge in [-0.3, -0.25) is 15.0 Å². The van der Waals surface area contributed by atoms with Crippen LogP contribution in [0.1, 0.15) is 45.2 Å². The zero-order valence-electron chi connectivity index (χ0n) is 24.2. The van der Waals surface area contributed by atoms with Crippen LogP contribution in [0, 0.1) is 5.92 Å². The Morgan fingerprint density at radius 2 is 1.67 bits per heavy atom. The van der Waals surface area contributed by atoms with Crippen LogP contribution in [0.2, 0.25) is 0 Å². The third-order valence-corrected chi connectivity index (χ3v) is 5.66. The fourth-order valence-electron chi connectivity index (χ4n) is 3.21. The predicted molar refractivity (Wildman–Crippen MR) is 160 cm³/mol. The highest BCUT2D eigenvalue weighted by atomic mass is 16.6. The number of nitrogens with zero attached hydrogens (tertiary/aromatic N) is 3. The van der Waals surface area contributed by atoms with Crippen molar-refractivity contribution >= 4 is 41.3 Å². The molecule has 0 aliphatic carbocycles. The number of ether oxygens (including phenoxy) is 1. The second-order valence-corrected chi connectivity index (χ2v) is 9.49. The molecule has 1 atom stereocenters. The summed E-state index contributed by atoms with van der Waals surface area (Å²) >= 11 is 0. The number of hydrazine groups is 1. The summed E-state index contributed by atoms with van der Waals surface area (Å²) in [7, 11) is 0. The van der Waals surface area contributed by atoms with E-state index in [0.29, 0.717) is 23.9 Å². The van der Waals surface area contributed by atoms with E-state index in [4.69, 9.17) is 16.2 Å². The molecule has 1 aliphatic heterocycles. The number of nitrogens with two attached hydrogens (primary N) is 2. The van der Waals surface area contributed by atoms with Crippen LogP contribution in [0.5, 0.6) is 0 Å². The third kappa shape index (κ3) is 11.3. The molecule has 2 aromatic carbocycles. The van der Waals surface area contributed by atoms with Gasteiger partial charge in [0.15, 0.2) is 11.7 Å². The van der Waals surface area contributed by atoms with Crippen molar-refractivity contribution in [2.45, 2.75) is 46.8 Å². The lowest BCUT2D eigenvalue weighted by Gasteiger charge is -2.25. The largest absolute Gasteiger partial charge is 0.443 e. The lowest BCUT2D eigenvalue weighted by atomic mass is 10.1. The Bertz CT molecular complexity index is 1260. The minimum absolute atomic E-state index is 0.0134. The zero-order valence-corrected chi connectivity index (χ0v) is 24.2. The van der Waals surface area contributed by atoms with Gasteiger partial charge in [0, 0.05) is 17.8 Å². The number of nitrogens with one attached hydrogen (secondary N) is 4. The summed E-state index contributed by atoms with van der Waals surface area (Å²) in [5.74, 6) is -0.0151. The van der Waals surface area contributed by atoms with Crippen LogP contribution >= 0.6 is 0 Å². The van der Waals surface area contributed by atoms with E-state index < -0.39 is 18.2 Å². The van der Waals surface area contributed by atoms with Crippen LogP contribution < -0.4 is 32.8 Å². The Kier molecular flexibility index (Phi) is 13.4. The van der Waals surface area contributed by atoms with E-state index >= 15 is 0 Å². The number of carbonyl (C=O) groups excluding carboxylic acids is 4. The SMILES string of the molecule is CC1=NN=C(c2ccccc2)NN1C(=O)OCc1ccc(NC(=O)CNC(=O)C(N)C(C)C)cc1.CCCNC(N)=O. The zero-order chi connectivity index (χ0) is 31.1. The number of anilines is 1. The monoisotopic (exact) mass is 581 g/mol. The van der Waals surface area contributed by atoms with E-state index in [1.165, 1.54) is 5.01 Å². The van der Waals surface area contributed by atoms with Crippen LogP contribution in [0.4, 0.5) is 15.3 Å². The number of rotatable bonds is 10. The minimum atomic E-state index is -0.669. The first-order chi connectivity index (χ1) is 20.0. The molecule has 14 nitrogen and oxygen atoms in total. The number of benzene rings is 2. The van der Waals surface area contributed by atoms with Gasteiger partial charge >= 0.3 is 12.1 Å². The van der Waals surface area contributed by atoms with Crippen molar-refractivity contribution in [2.75, 3.05) is 18.4 Å². The molecule has 0 aromatic heterocycles. The normalized spacial score (nSPS) is 12.9. The summed E-state index contributed by atoms with van der Waals surface area (Å²) in [5, 5.41) is 16.9. The number of amidine groups is 2. The van der Waals surface area contributed by atoms with Gasteiger partial charge in [-0.2, -0.15) is 5.01 Å².